The van der Waals surface area contributed by atoms with Crippen LogP contribution in [0.5, 0.6) is 11.5 Å². The molecular formula is C30H22BrNO4. The second kappa shape index (κ2) is 9.84. The van der Waals surface area contributed by atoms with Crippen LogP contribution in [0.2, 0.25) is 0 Å². The average molecular weight is 540 g/mol. The molecule has 1 heterocycles. The summed E-state index contributed by atoms with van der Waals surface area (Å²) in [6, 6.07) is 30.1. The van der Waals surface area contributed by atoms with Gasteiger partial charge in [0.1, 0.15) is 17.3 Å². The first-order valence-corrected chi connectivity index (χ1v) is 12.2. The monoisotopic (exact) mass is 539 g/mol. The first kappa shape index (κ1) is 23.6. The van der Waals surface area contributed by atoms with Gasteiger partial charge in [0.25, 0.3) is 11.7 Å². The van der Waals surface area contributed by atoms with Crippen LogP contribution in [0.1, 0.15) is 22.7 Å². The number of halogens is 1. The van der Waals surface area contributed by atoms with Gasteiger partial charge in [0.2, 0.25) is 0 Å². The molecule has 0 spiro atoms. The molecule has 1 unspecified atom stereocenters. The number of nitrogens with zero attached hydrogens (tertiary/aromatic N) is 1. The molecule has 1 amide bonds. The fraction of sp³-hybridized carbons (Fsp3) is 0.0667. The number of carbonyl (C=O) groups is 2. The van der Waals surface area contributed by atoms with Crippen LogP contribution in [0.15, 0.2) is 113 Å². The summed E-state index contributed by atoms with van der Waals surface area (Å²) < 4.78 is 6.85. The number of ketones is 1. The van der Waals surface area contributed by atoms with Gasteiger partial charge in [-0.25, -0.2) is 0 Å². The van der Waals surface area contributed by atoms with Crippen LogP contribution < -0.4 is 9.64 Å². The molecule has 178 valence electrons. The highest BCUT2D eigenvalue weighted by molar-refractivity contribution is 9.10. The Bertz CT molecular complexity index is 1460. The van der Waals surface area contributed by atoms with Crippen molar-refractivity contribution in [2.75, 3.05) is 4.90 Å². The van der Waals surface area contributed by atoms with Gasteiger partial charge >= 0.3 is 0 Å². The zero-order valence-corrected chi connectivity index (χ0v) is 21.0. The molecule has 0 saturated carbocycles. The standard InChI is InChI=1S/C30H22BrNO4/c1-19-10-16-23(17-11-19)32-27(21-6-5-9-25(18-21)36-24-7-3-2-4-8-24)26(29(34)30(32)35)28(33)20-12-14-22(31)15-13-20/h2-18,27,33H,1H3/b28-26-. The highest BCUT2D eigenvalue weighted by atomic mass is 79.9. The molecule has 1 aliphatic rings. The van der Waals surface area contributed by atoms with E-state index in [1.807, 2.05) is 67.6 Å². The largest absolute Gasteiger partial charge is 0.507 e. The maximum Gasteiger partial charge on any atom is 0.300 e. The molecule has 1 N–H and O–H groups in total. The molecule has 1 atom stereocenters. The molecule has 36 heavy (non-hydrogen) atoms. The number of aliphatic hydroxyl groups is 1. The van der Waals surface area contributed by atoms with E-state index >= 15 is 0 Å². The molecule has 1 fully saturated rings. The Morgan fingerprint density at radius 3 is 2.19 bits per heavy atom. The SMILES string of the molecule is Cc1ccc(N2C(=O)C(=O)/C(=C(\O)c3ccc(Br)cc3)C2c2cccc(Oc3ccccc3)c2)cc1. The number of rotatable bonds is 5. The van der Waals surface area contributed by atoms with Gasteiger partial charge in [0, 0.05) is 15.7 Å². The van der Waals surface area contributed by atoms with Crippen molar-refractivity contribution < 1.29 is 19.4 Å². The van der Waals surface area contributed by atoms with E-state index in [1.165, 1.54) is 4.90 Å². The third kappa shape index (κ3) is 4.55. The Morgan fingerprint density at radius 2 is 1.50 bits per heavy atom. The molecule has 4 aromatic rings. The van der Waals surface area contributed by atoms with Gasteiger partial charge < -0.3 is 9.84 Å². The van der Waals surface area contributed by atoms with Gasteiger partial charge in [0.05, 0.1) is 11.6 Å². The molecule has 4 aromatic carbocycles. The number of ether oxygens (including phenoxy) is 1. The molecule has 0 bridgehead atoms. The van der Waals surface area contributed by atoms with Gasteiger partial charge in [-0.05, 0) is 61.0 Å². The number of carbonyl (C=O) groups excluding carboxylic acids is 2. The zero-order valence-electron chi connectivity index (χ0n) is 19.4. The summed E-state index contributed by atoms with van der Waals surface area (Å²) in [7, 11) is 0. The van der Waals surface area contributed by atoms with E-state index in [4.69, 9.17) is 4.74 Å². The summed E-state index contributed by atoms with van der Waals surface area (Å²) in [5.41, 5.74) is 2.71. The van der Waals surface area contributed by atoms with Crippen molar-refractivity contribution in [2.24, 2.45) is 0 Å². The van der Waals surface area contributed by atoms with Crippen LogP contribution in [0.25, 0.3) is 5.76 Å². The normalized spacial score (nSPS) is 16.8. The quantitative estimate of drug-likeness (QED) is 0.166. The molecular weight excluding hydrogens is 518 g/mol. The van der Waals surface area contributed by atoms with Crippen LogP contribution >= 0.6 is 15.9 Å². The zero-order chi connectivity index (χ0) is 25.2. The van der Waals surface area contributed by atoms with E-state index in [2.05, 4.69) is 15.9 Å². The third-order valence-electron chi connectivity index (χ3n) is 6.03. The number of para-hydroxylation sites is 1. The third-order valence-corrected chi connectivity index (χ3v) is 6.56. The number of hydrogen-bond donors (Lipinski definition) is 1. The fourth-order valence-electron chi connectivity index (χ4n) is 4.26. The van der Waals surface area contributed by atoms with E-state index in [0.29, 0.717) is 28.3 Å². The van der Waals surface area contributed by atoms with Crippen molar-refractivity contribution in [3.8, 4) is 11.5 Å². The second-order valence-electron chi connectivity index (χ2n) is 8.50. The minimum atomic E-state index is -0.837. The van der Waals surface area contributed by atoms with Gasteiger partial charge in [-0.3, -0.25) is 14.5 Å². The Labute approximate surface area is 217 Å². The number of Topliss-reactive ketones (excluding diaryl/α,β-unsaturated/α-hetero) is 1. The fourth-order valence-corrected chi connectivity index (χ4v) is 4.52. The minimum absolute atomic E-state index is 0.0276. The predicted molar refractivity (Wildman–Crippen MR) is 143 cm³/mol. The number of anilines is 1. The number of benzene rings is 4. The molecule has 1 aliphatic heterocycles. The first-order valence-electron chi connectivity index (χ1n) is 11.4. The van der Waals surface area contributed by atoms with Crippen LogP contribution in [-0.2, 0) is 9.59 Å². The van der Waals surface area contributed by atoms with Gasteiger partial charge in [-0.1, -0.05) is 76.1 Å². The molecule has 1 saturated heterocycles. The van der Waals surface area contributed by atoms with Gasteiger partial charge in [0.15, 0.2) is 0 Å². The van der Waals surface area contributed by atoms with E-state index in [0.717, 1.165) is 10.0 Å². The maximum absolute atomic E-state index is 13.3. The van der Waals surface area contributed by atoms with Crippen LogP contribution in [-0.4, -0.2) is 16.8 Å². The lowest BCUT2D eigenvalue weighted by Gasteiger charge is -2.26. The van der Waals surface area contributed by atoms with Crippen molar-refractivity contribution >= 4 is 39.1 Å². The Kier molecular flexibility index (Phi) is 6.44. The van der Waals surface area contributed by atoms with E-state index in [-0.39, 0.29) is 11.3 Å². The number of aliphatic hydroxyl groups excluding tert-OH is 1. The molecule has 0 radical (unpaired) electrons. The van der Waals surface area contributed by atoms with Crippen molar-refractivity contribution in [3.05, 3.63) is 130 Å². The maximum atomic E-state index is 13.3. The Hall–Kier alpha value is -4.16. The summed E-state index contributed by atoms with van der Waals surface area (Å²) in [4.78, 5) is 28.1. The average Bonchev–Trinajstić information content (AvgIpc) is 3.16. The van der Waals surface area contributed by atoms with Gasteiger partial charge in [-0.2, -0.15) is 0 Å². The lowest BCUT2D eigenvalue weighted by Crippen LogP contribution is -2.29. The van der Waals surface area contributed by atoms with Crippen molar-refractivity contribution in [3.63, 3.8) is 0 Å². The highest BCUT2D eigenvalue weighted by Crippen LogP contribution is 2.43. The van der Waals surface area contributed by atoms with Crippen molar-refractivity contribution in [1.82, 2.24) is 0 Å². The number of hydrogen-bond acceptors (Lipinski definition) is 4. The Morgan fingerprint density at radius 1 is 0.833 bits per heavy atom. The highest BCUT2D eigenvalue weighted by Gasteiger charge is 2.47. The first-order chi connectivity index (χ1) is 17.4. The van der Waals surface area contributed by atoms with Crippen LogP contribution in [0, 0.1) is 6.92 Å². The summed E-state index contributed by atoms with van der Waals surface area (Å²) in [6.07, 6.45) is 0. The molecule has 5 rings (SSSR count). The molecule has 6 heteroatoms. The lowest BCUT2D eigenvalue weighted by atomic mass is 9.95. The summed E-state index contributed by atoms with van der Waals surface area (Å²) in [5.74, 6) is -0.448. The smallest absolute Gasteiger partial charge is 0.300 e. The summed E-state index contributed by atoms with van der Waals surface area (Å²) >= 11 is 3.39. The minimum Gasteiger partial charge on any atom is -0.507 e. The Balaban J connectivity index is 1.66. The van der Waals surface area contributed by atoms with Crippen molar-refractivity contribution in [1.29, 1.82) is 0 Å². The number of amides is 1. The molecule has 0 aliphatic carbocycles. The van der Waals surface area contributed by atoms with Crippen molar-refractivity contribution in [2.45, 2.75) is 13.0 Å². The lowest BCUT2D eigenvalue weighted by molar-refractivity contribution is -0.132. The summed E-state index contributed by atoms with van der Waals surface area (Å²) in [5, 5.41) is 11.3. The molecule has 0 aromatic heterocycles. The van der Waals surface area contributed by atoms with E-state index < -0.39 is 17.7 Å². The topological polar surface area (TPSA) is 66.8 Å². The van der Waals surface area contributed by atoms with Crippen LogP contribution in [0.4, 0.5) is 5.69 Å². The molecule has 5 nitrogen and oxygen atoms in total. The van der Waals surface area contributed by atoms with E-state index in [1.54, 1.807) is 42.5 Å². The second-order valence-corrected chi connectivity index (χ2v) is 9.41. The predicted octanol–water partition coefficient (Wildman–Crippen LogP) is 7.18. The van der Waals surface area contributed by atoms with Gasteiger partial charge in [-0.15, -0.1) is 0 Å². The van der Waals surface area contributed by atoms with E-state index in [9.17, 15) is 14.7 Å². The summed E-state index contributed by atoms with van der Waals surface area (Å²) in [6.45, 7) is 1.95. The van der Waals surface area contributed by atoms with Crippen LogP contribution in [0.3, 0.4) is 0 Å². The number of aryl methyl sites for hydroxylation is 1.